The second-order valence-electron chi connectivity index (χ2n) is 6.55. The van der Waals surface area contributed by atoms with Crippen molar-refractivity contribution >= 4 is 11.9 Å². The second-order valence-corrected chi connectivity index (χ2v) is 6.55. The highest BCUT2D eigenvalue weighted by atomic mass is 16.4. The number of carboxylic acid groups (broad SMARTS) is 1. The van der Waals surface area contributed by atoms with Crippen LogP contribution in [0.4, 0.5) is 0 Å². The first-order valence-corrected chi connectivity index (χ1v) is 8.21. The van der Waals surface area contributed by atoms with Gasteiger partial charge in [-0.25, -0.2) is 0 Å². The number of allylic oxidation sites excluding steroid dienone is 1. The Labute approximate surface area is 142 Å². The number of aromatic nitrogens is 1. The van der Waals surface area contributed by atoms with Crippen molar-refractivity contribution in [2.75, 3.05) is 19.6 Å². The van der Waals surface area contributed by atoms with Gasteiger partial charge in [0.2, 0.25) is 5.91 Å². The fourth-order valence-electron chi connectivity index (χ4n) is 2.86. The van der Waals surface area contributed by atoms with E-state index in [1.54, 1.807) is 12.4 Å². The summed E-state index contributed by atoms with van der Waals surface area (Å²) in [6.07, 6.45) is 5.85. The number of nitrogens with one attached hydrogen (secondary N) is 1. The number of carbonyl (C=O) groups excluding carboxylic acids is 1. The van der Waals surface area contributed by atoms with Crippen LogP contribution in [0, 0.1) is 11.8 Å². The maximum atomic E-state index is 12.5. The standard InChI is InChI=1S/C18H25N3O3/c1-13(2)5-7-21-11-15(8-16(12-21)18(23)24)17(22)20-10-14-4-3-6-19-9-14/h3-6,9,15-16H,7-8,10-12H2,1-2H3,(H,20,22)(H,23,24)/t15-,16-/m0/s1. The number of carboxylic acids is 1. The fourth-order valence-corrected chi connectivity index (χ4v) is 2.86. The molecule has 0 bridgehead atoms. The highest BCUT2D eigenvalue weighted by Gasteiger charge is 2.34. The Bertz CT molecular complexity index is 597. The minimum atomic E-state index is -0.832. The Kier molecular flexibility index (Phi) is 6.49. The lowest BCUT2D eigenvalue weighted by molar-refractivity contribution is -0.145. The Morgan fingerprint density at radius 2 is 2.12 bits per heavy atom. The summed E-state index contributed by atoms with van der Waals surface area (Å²) in [6, 6.07) is 3.72. The number of piperidine rings is 1. The van der Waals surface area contributed by atoms with Crippen molar-refractivity contribution in [3.05, 3.63) is 41.7 Å². The van der Waals surface area contributed by atoms with Crippen LogP contribution in [0.2, 0.25) is 0 Å². The minimum Gasteiger partial charge on any atom is -0.481 e. The van der Waals surface area contributed by atoms with Gasteiger partial charge in [-0.05, 0) is 31.9 Å². The fraction of sp³-hybridized carbons (Fsp3) is 0.500. The summed E-state index contributed by atoms with van der Waals surface area (Å²) in [5.74, 6) is -1.73. The molecule has 6 nitrogen and oxygen atoms in total. The molecule has 1 aliphatic rings. The molecule has 6 heteroatoms. The number of hydrogen-bond donors (Lipinski definition) is 2. The topological polar surface area (TPSA) is 82.5 Å². The number of carbonyl (C=O) groups is 2. The van der Waals surface area contributed by atoms with Gasteiger partial charge in [-0.15, -0.1) is 0 Å². The summed E-state index contributed by atoms with van der Waals surface area (Å²) in [6.45, 7) is 6.19. The van der Waals surface area contributed by atoms with Crippen LogP contribution >= 0.6 is 0 Å². The van der Waals surface area contributed by atoms with Crippen molar-refractivity contribution in [2.24, 2.45) is 11.8 Å². The average molecular weight is 331 g/mol. The van der Waals surface area contributed by atoms with Crippen LogP contribution in [0.25, 0.3) is 0 Å². The van der Waals surface area contributed by atoms with E-state index in [2.05, 4.69) is 16.4 Å². The Morgan fingerprint density at radius 3 is 2.75 bits per heavy atom. The van der Waals surface area contributed by atoms with Crippen LogP contribution in [0.3, 0.4) is 0 Å². The van der Waals surface area contributed by atoms with E-state index in [4.69, 9.17) is 0 Å². The van der Waals surface area contributed by atoms with Crippen LogP contribution in [-0.4, -0.2) is 46.5 Å². The molecule has 0 spiro atoms. The van der Waals surface area contributed by atoms with Crippen molar-refractivity contribution in [1.82, 2.24) is 15.2 Å². The van der Waals surface area contributed by atoms with Crippen LogP contribution in [0.1, 0.15) is 25.8 Å². The van der Waals surface area contributed by atoms with Gasteiger partial charge in [0.1, 0.15) is 0 Å². The third kappa shape index (κ3) is 5.45. The van der Waals surface area contributed by atoms with Gasteiger partial charge in [-0.2, -0.15) is 0 Å². The SMILES string of the molecule is CC(C)=CCN1C[C@@H](C(=O)O)C[C@H](C(=O)NCc2cccnc2)C1. The van der Waals surface area contributed by atoms with E-state index in [0.717, 1.165) is 5.56 Å². The van der Waals surface area contributed by atoms with E-state index in [9.17, 15) is 14.7 Å². The molecule has 1 saturated heterocycles. The first-order valence-electron chi connectivity index (χ1n) is 8.21. The lowest BCUT2D eigenvalue weighted by atomic mass is 9.88. The van der Waals surface area contributed by atoms with Crippen molar-refractivity contribution in [2.45, 2.75) is 26.8 Å². The lowest BCUT2D eigenvalue weighted by Gasteiger charge is -2.35. The molecule has 1 amide bonds. The Balaban J connectivity index is 1.96. The first kappa shape index (κ1) is 18.1. The molecule has 0 unspecified atom stereocenters. The molecule has 130 valence electrons. The van der Waals surface area contributed by atoms with Gasteiger partial charge in [0, 0.05) is 38.6 Å². The molecule has 0 aliphatic carbocycles. The number of rotatable bonds is 6. The molecule has 0 aromatic carbocycles. The predicted molar refractivity (Wildman–Crippen MR) is 91.2 cm³/mol. The molecule has 1 aromatic rings. The predicted octanol–water partition coefficient (Wildman–Crippen LogP) is 1.69. The molecule has 1 aromatic heterocycles. The van der Waals surface area contributed by atoms with Crippen LogP contribution in [0.5, 0.6) is 0 Å². The zero-order valence-electron chi connectivity index (χ0n) is 14.2. The third-order valence-corrected chi connectivity index (χ3v) is 4.19. The molecule has 2 atom stereocenters. The molecule has 1 aliphatic heterocycles. The lowest BCUT2D eigenvalue weighted by Crippen LogP contribution is -2.48. The van der Waals surface area contributed by atoms with E-state index >= 15 is 0 Å². The van der Waals surface area contributed by atoms with E-state index < -0.39 is 11.9 Å². The summed E-state index contributed by atoms with van der Waals surface area (Å²) >= 11 is 0. The zero-order chi connectivity index (χ0) is 17.5. The maximum Gasteiger partial charge on any atom is 0.307 e. The molecular formula is C18H25N3O3. The van der Waals surface area contributed by atoms with E-state index in [-0.39, 0.29) is 11.8 Å². The van der Waals surface area contributed by atoms with Gasteiger partial charge < -0.3 is 10.4 Å². The number of hydrogen-bond acceptors (Lipinski definition) is 4. The number of likely N-dealkylation sites (tertiary alicyclic amines) is 1. The zero-order valence-corrected chi connectivity index (χ0v) is 14.2. The monoisotopic (exact) mass is 331 g/mol. The summed E-state index contributed by atoms with van der Waals surface area (Å²) < 4.78 is 0. The number of pyridine rings is 1. The maximum absolute atomic E-state index is 12.5. The summed E-state index contributed by atoms with van der Waals surface area (Å²) in [7, 11) is 0. The molecule has 0 radical (unpaired) electrons. The molecule has 0 saturated carbocycles. The van der Waals surface area contributed by atoms with Crippen molar-refractivity contribution < 1.29 is 14.7 Å². The molecular weight excluding hydrogens is 306 g/mol. The summed E-state index contributed by atoms with van der Waals surface area (Å²) in [5.41, 5.74) is 2.11. The van der Waals surface area contributed by atoms with Crippen LogP contribution < -0.4 is 5.32 Å². The Morgan fingerprint density at radius 1 is 1.38 bits per heavy atom. The average Bonchev–Trinajstić information content (AvgIpc) is 2.58. The van der Waals surface area contributed by atoms with Gasteiger partial charge in [-0.3, -0.25) is 19.5 Å². The van der Waals surface area contributed by atoms with Gasteiger partial charge in [-0.1, -0.05) is 17.7 Å². The number of nitrogens with zero attached hydrogens (tertiary/aromatic N) is 2. The highest BCUT2D eigenvalue weighted by molar-refractivity contribution is 5.80. The molecule has 2 N–H and O–H groups in total. The number of aliphatic carboxylic acids is 1. The van der Waals surface area contributed by atoms with E-state index in [1.807, 2.05) is 30.9 Å². The van der Waals surface area contributed by atoms with Crippen LogP contribution in [-0.2, 0) is 16.1 Å². The molecule has 2 heterocycles. The van der Waals surface area contributed by atoms with Crippen molar-refractivity contribution in [3.8, 4) is 0 Å². The minimum absolute atomic E-state index is 0.0907. The smallest absolute Gasteiger partial charge is 0.307 e. The first-order chi connectivity index (χ1) is 11.5. The quantitative estimate of drug-likeness (QED) is 0.775. The van der Waals surface area contributed by atoms with Gasteiger partial charge in [0.15, 0.2) is 0 Å². The van der Waals surface area contributed by atoms with Crippen molar-refractivity contribution in [1.29, 1.82) is 0 Å². The molecule has 2 rings (SSSR count). The second kappa shape index (κ2) is 8.59. The van der Waals surface area contributed by atoms with Crippen LogP contribution in [0.15, 0.2) is 36.2 Å². The van der Waals surface area contributed by atoms with Gasteiger partial charge in [0.05, 0.1) is 11.8 Å². The Hall–Kier alpha value is -2.21. The van der Waals surface area contributed by atoms with Gasteiger partial charge >= 0.3 is 5.97 Å². The third-order valence-electron chi connectivity index (χ3n) is 4.19. The van der Waals surface area contributed by atoms with E-state index in [0.29, 0.717) is 32.6 Å². The number of amides is 1. The largest absolute Gasteiger partial charge is 0.481 e. The van der Waals surface area contributed by atoms with Gasteiger partial charge in [0.25, 0.3) is 0 Å². The van der Waals surface area contributed by atoms with Crippen molar-refractivity contribution in [3.63, 3.8) is 0 Å². The van der Waals surface area contributed by atoms with E-state index in [1.165, 1.54) is 5.57 Å². The summed E-state index contributed by atoms with van der Waals surface area (Å²) in [5, 5.41) is 12.3. The summed E-state index contributed by atoms with van der Waals surface area (Å²) in [4.78, 5) is 29.9. The normalized spacial score (nSPS) is 21.1. The highest BCUT2D eigenvalue weighted by Crippen LogP contribution is 2.22. The molecule has 24 heavy (non-hydrogen) atoms. The molecule has 1 fully saturated rings.